The number of ether oxygens (including phenoxy) is 1. The Morgan fingerprint density at radius 3 is 2.47 bits per heavy atom. The Hall–Kier alpha value is -2.10. The fourth-order valence-electron chi connectivity index (χ4n) is 2.28. The number of allylic oxidation sites excluding steroid dienone is 1. The molecule has 0 amide bonds. The summed E-state index contributed by atoms with van der Waals surface area (Å²) in [6, 6.07) is 8.71. The van der Waals surface area contributed by atoms with Crippen molar-refractivity contribution in [1.29, 1.82) is 0 Å². The Balaban J connectivity index is 0.000000163. The molecule has 0 saturated carbocycles. The Labute approximate surface area is 111 Å². The minimum absolute atomic E-state index is 0.241. The summed E-state index contributed by atoms with van der Waals surface area (Å²) in [5.41, 5.74) is -0.671. The minimum atomic E-state index is -0.671. The molecule has 3 rings (SSSR count). The van der Waals surface area contributed by atoms with Gasteiger partial charge in [0.1, 0.15) is 5.75 Å². The van der Waals surface area contributed by atoms with Crippen LogP contribution in [0.25, 0.3) is 0 Å². The molecule has 1 fully saturated rings. The maximum atomic E-state index is 11.2. The van der Waals surface area contributed by atoms with Crippen LogP contribution in [0.15, 0.2) is 42.5 Å². The molecular formula is C15H16O4. The van der Waals surface area contributed by atoms with Crippen molar-refractivity contribution in [2.45, 2.75) is 19.8 Å². The lowest BCUT2D eigenvalue weighted by Gasteiger charge is -2.24. The summed E-state index contributed by atoms with van der Waals surface area (Å²) in [4.78, 5) is 22.4. The van der Waals surface area contributed by atoms with Crippen LogP contribution in [0.5, 0.6) is 5.75 Å². The van der Waals surface area contributed by atoms with Crippen LogP contribution in [0.3, 0.4) is 0 Å². The van der Waals surface area contributed by atoms with Gasteiger partial charge in [0, 0.05) is 0 Å². The quantitative estimate of drug-likeness (QED) is 0.442. The van der Waals surface area contributed by atoms with Gasteiger partial charge in [-0.05, 0) is 31.9 Å². The highest BCUT2D eigenvalue weighted by molar-refractivity contribution is 6.00. The van der Waals surface area contributed by atoms with Gasteiger partial charge in [-0.3, -0.25) is 9.59 Å². The number of phenols is 1. The van der Waals surface area contributed by atoms with Crippen molar-refractivity contribution in [1.82, 2.24) is 0 Å². The van der Waals surface area contributed by atoms with Crippen LogP contribution < -0.4 is 0 Å². The first-order valence-electron chi connectivity index (χ1n) is 6.22. The fraction of sp³-hybridized carbons (Fsp3) is 0.333. The highest BCUT2D eigenvalue weighted by atomic mass is 16.6. The molecule has 19 heavy (non-hydrogen) atoms. The van der Waals surface area contributed by atoms with Crippen molar-refractivity contribution in [3.8, 4) is 5.75 Å². The Morgan fingerprint density at radius 2 is 1.95 bits per heavy atom. The molecule has 1 aliphatic heterocycles. The highest BCUT2D eigenvalue weighted by Crippen LogP contribution is 2.42. The smallest absolute Gasteiger partial charge is 0.324 e. The monoisotopic (exact) mass is 260 g/mol. The summed E-state index contributed by atoms with van der Waals surface area (Å²) >= 11 is 0. The van der Waals surface area contributed by atoms with Crippen LogP contribution in [-0.2, 0) is 14.3 Å². The molecule has 1 saturated heterocycles. The van der Waals surface area contributed by atoms with E-state index in [1.165, 1.54) is 0 Å². The van der Waals surface area contributed by atoms with Crippen LogP contribution >= 0.6 is 0 Å². The van der Waals surface area contributed by atoms with Crippen LogP contribution in [-0.4, -0.2) is 17.0 Å². The van der Waals surface area contributed by atoms with E-state index in [0.29, 0.717) is 5.75 Å². The molecule has 0 bridgehead atoms. The molecule has 2 atom stereocenters. The summed E-state index contributed by atoms with van der Waals surface area (Å²) in [5.74, 6) is -0.669. The number of carbonyl (C=O) groups excluding carboxylic acids is 2. The molecule has 1 aromatic carbocycles. The molecule has 0 spiro atoms. The lowest BCUT2D eigenvalue weighted by molar-refractivity contribution is -0.154. The maximum absolute atomic E-state index is 11.2. The first-order chi connectivity index (χ1) is 9.04. The number of carbonyl (C=O) groups is 2. The van der Waals surface area contributed by atoms with Gasteiger partial charge in [0.15, 0.2) is 0 Å². The Bertz CT molecular complexity index is 506. The summed E-state index contributed by atoms with van der Waals surface area (Å²) in [5, 5.41) is 8.63. The number of esters is 2. The molecule has 4 nitrogen and oxygen atoms in total. The molecule has 2 aliphatic rings. The number of phenolic OH excluding ortho intramolecular Hbond substituents is 1. The van der Waals surface area contributed by atoms with Gasteiger partial charge in [-0.2, -0.15) is 0 Å². The van der Waals surface area contributed by atoms with E-state index in [2.05, 4.69) is 4.74 Å². The van der Waals surface area contributed by atoms with Crippen LogP contribution in [0.4, 0.5) is 0 Å². The lowest BCUT2D eigenvalue weighted by Crippen LogP contribution is -2.30. The molecule has 4 heteroatoms. The molecular weight excluding hydrogens is 244 g/mol. The van der Waals surface area contributed by atoms with E-state index in [1.54, 1.807) is 37.3 Å². The second-order valence-corrected chi connectivity index (χ2v) is 4.86. The summed E-state index contributed by atoms with van der Waals surface area (Å²) in [6.45, 7) is 1.76. The van der Waals surface area contributed by atoms with Crippen LogP contribution in [0.2, 0.25) is 0 Å². The van der Waals surface area contributed by atoms with Gasteiger partial charge in [-0.15, -0.1) is 0 Å². The van der Waals surface area contributed by atoms with Crippen molar-refractivity contribution < 1.29 is 19.4 Å². The normalized spacial score (nSPS) is 28.2. The first-order valence-corrected chi connectivity index (χ1v) is 6.22. The second-order valence-electron chi connectivity index (χ2n) is 4.86. The summed E-state index contributed by atoms with van der Waals surface area (Å²) in [7, 11) is 0. The van der Waals surface area contributed by atoms with Gasteiger partial charge in [0.2, 0.25) is 0 Å². The zero-order chi connectivity index (χ0) is 13.9. The van der Waals surface area contributed by atoms with Gasteiger partial charge in [0.05, 0.1) is 11.3 Å². The Kier molecular flexibility index (Phi) is 3.69. The van der Waals surface area contributed by atoms with Crippen molar-refractivity contribution in [2.75, 3.05) is 0 Å². The van der Waals surface area contributed by atoms with E-state index >= 15 is 0 Å². The van der Waals surface area contributed by atoms with Crippen molar-refractivity contribution in [3.05, 3.63) is 42.5 Å². The van der Waals surface area contributed by atoms with Gasteiger partial charge < -0.3 is 9.84 Å². The number of benzene rings is 1. The number of cyclic esters (lactones) is 2. The third kappa shape index (κ3) is 2.67. The zero-order valence-corrected chi connectivity index (χ0v) is 10.7. The van der Waals surface area contributed by atoms with Gasteiger partial charge in [-0.1, -0.05) is 30.4 Å². The molecule has 1 aromatic rings. The number of rotatable bonds is 0. The van der Waals surface area contributed by atoms with E-state index < -0.39 is 11.4 Å². The molecule has 1 heterocycles. The fourth-order valence-corrected chi connectivity index (χ4v) is 2.28. The van der Waals surface area contributed by atoms with E-state index in [0.717, 1.165) is 12.8 Å². The third-order valence-electron chi connectivity index (χ3n) is 3.48. The summed E-state index contributed by atoms with van der Waals surface area (Å²) in [6.07, 6.45) is 5.34. The largest absolute Gasteiger partial charge is 0.508 e. The highest BCUT2D eigenvalue weighted by Gasteiger charge is 2.53. The van der Waals surface area contributed by atoms with Gasteiger partial charge >= 0.3 is 11.9 Å². The molecule has 1 aliphatic carbocycles. The van der Waals surface area contributed by atoms with Crippen LogP contribution in [0.1, 0.15) is 19.8 Å². The predicted molar refractivity (Wildman–Crippen MR) is 69.2 cm³/mol. The molecule has 0 aromatic heterocycles. The summed E-state index contributed by atoms with van der Waals surface area (Å²) < 4.78 is 4.58. The van der Waals surface area contributed by atoms with E-state index in [4.69, 9.17) is 5.11 Å². The van der Waals surface area contributed by atoms with Gasteiger partial charge in [-0.25, -0.2) is 0 Å². The topological polar surface area (TPSA) is 63.6 Å². The second kappa shape index (κ2) is 5.26. The van der Waals surface area contributed by atoms with Crippen molar-refractivity contribution >= 4 is 11.9 Å². The minimum Gasteiger partial charge on any atom is -0.508 e. The standard InChI is InChI=1S/C9H10O3.C6H6O/c1-9-5-3-2-4-6(9)7(10)12-8(9)11;7-6-4-2-1-3-5-6/h3,5-6H,2,4H2,1H3;1-5,7H. The molecule has 100 valence electrons. The average molecular weight is 260 g/mol. The van der Waals surface area contributed by atoms with E-state index in [-0.39, 0.29) is 11.9 Å². The average Bonchev–Trinajstić information content (AvgIpc) is 2.62. The Morgan fingerprint density at radius 1 is 1.26 bits per heavy atom. The molecule has 0 radical (unpaired) electrons. The lowest BCUT2D eigenvalue weighted by atomic mass is 9.73. The third-order valence-corrected chi connectivity index (χ3v) is 3.48. The molecule has 1 N–H and O–H groups in total. The van der Waals surface area contributed by atoms with E-state index in [1.807, 2.05) is 12.1 Å². The van der Waals surface area contributed by atoms with Crippen LogP contribution in [0, 0.1) is 11.3 Å². The van der Waals surface area contributed by atoms with Crippen molar-refractivity contribution in [3.63, 3.8) is 0 Å². The zero-order valence-electron chi connectivity index (χ0n) is 10.7. The predicted octanol–water partition coefficient (Wildman–Crippen LogP) is 2.43. The van der Waals surface area contributed by atoms with Gasteiger partial charge in [0.25, 0.3) is 0 Å². The SMILES string of the molecule is CC12C=CCCC1C(=O)OC2=O.Oc1ccccc1. The van der Waals surface area contributed by atoms with Crippen molar-refractivity contribution in [2.24, 2.45) is 11.3 Å². The number of hydrogen-bond acceptors (Lipinski definition) is 4. The molecule has 2 unspecified atom stereocenters. The maximum Gasteiger partial charge on any atom is 0.324 e. The number of aromatic hydroxyl groups is 1. The number of fused-ring (bicyclic) bond motifs is 1. The number of para-hydroxylation sites is 1. The van der Waals surface area contributed by atoms with E-state index in [9.17, 15) is 9.59 Å². The first kappa shape index (κ1) is 13.3. The number of hydrogen-bond donors (Lipinski definition) is 1.